The summed E-state index contributed by atoms with van der Waals surface area (Å²) in [5, 5.41) is 12.3. The molecule has 4 nitrogen and oxygen atoms in total. The van der Waals surface area contributed by atoms with E-state index in [2.05, 4.69) is 22.3 Å². The van der Waals surface area contributed by atoms with Gasteiger partial charge in [-0.3, -0.25) is 9.69 Å². The number of anilines is 1. The van der Waals surface area contributed by atoms with Gasteiger partial charge in [0.15, 0.2) is 0 Å². The molecule has 0 saturated carbocycles. The number of aliphatic hydroxyl groups excluding tert-OH is 1. The first-order valence-corrected chi connectivity index (χ1v) is 9.51. The second-order valence-electron chi connectivity index (χ2n) is 6.36. The van der Waals surface area contributed by atoms with Gasteiger partial charge in [-0.05, 0) is 56.1 Å². The van der Waals surface area contributed by atoms with Gasteiger partial charge in [-0.1, -0.05) is 42.1 Å². The zero-order chi connectivity index (χ0) is 17.5. The molecule has 2 N–H and O–H groups in total. The Morgan fingerprint density at radius 2 is 1.76 bits per heavy atom. The van der Waals surface area contributed by atoms with Gasteiger partial charge in [-0.25, -0.2) is 0 Å². The minimum atomic E-state index is 0.0172. The lowest BCUT2D eigenvalue weighted by atomic mass is 9.98. The number of carbonyl (C=O) groups is 1. The second kappa shape index (κ2) is 9.04. The Kier molecular flexibility index (Phi) is 6.50. The predicted molar refractivity (Wildman–Crippen MR) is 102 cm³/mol. The molecule has 1 aliphatic heterocycles. The molecular weight excluding hydrogens is 332 g/mol. The first kappa shape index (κ1) is 18.0. The summed E-state index contributed by atoms with van der Waals surface area (Å²) >= 11 is 1.65. The normalized spacial score (nSPS) is 15.9. The Labute approximate surface area is 153 Å². The van der Waals surface area contributed by atoms with Gasteiger partial charge in [-0.15, -0.1) is 0 Å². The molecule has 1 heterocycles. The van der Waals surface area contributed by atoms with E-state index >= 15 is 0 Å². The molecule has 0 unspecified atom stereocenters. The van der Waals surface area contributed by atoms with E-state index in [0.29, 0.717) is 12.5 Å². The number of piperidine rings is 1. The maximum atomic E-state index is 12.4. The fraction of sp³-hybridized carbons (Fsp3) is 0.350. The van der Waals surface area contributed by atoms with E-state index in [9.17, 15) is 9.90 Å². The number of rotatable bonds is 6. The fourth-order valence-corrected chi connectivity index (χ4v) is 3.92. The van der Waals surface area contributed by atoms with Crippen LogP contribution in [0.25, 0.3) is 0 Å². The molecular formula is C20H24N2O2S. The van der Waals surface area contributed by atoms with Crippen molar-refractivity contribution in [3.8, 4) is 0 Å². The first-order valence-electron chi connectivity index (χ1n) is 8.69. The van der Waals surface area contributed by atoms with Gasteiger partial charge in [0.25, 0.3) is 0 Å². The Bertz CT molecular complexity index is 685. The number of nitrogens with one attached hydrogen (secondary N) is 1. The van der Waals surface area contributed by atoms with E-state index < -0.39 is 0 Å². The van der Waals surface area contributed by atoms with Crippen molar-refractivity contribution in [3.05, 3.63) is 54.6 Å². The Hall–Kier alpha value is -1.82. The summed E-state index contributed by atoms with van der Waals surface area (Å²) in [5.74, 6) is 0.408. The minimum absolute atomic E-state index is 0.0172. The maximum Gasteiger partial charge on any atom is 0.238 e. The highest BCUT2D eigenvalue weighted by Crippen LogP contribution is 2.33. The molecule has 0 atom stereocenters. The van der Waals surface area contributed by atoms with E-state index in [1.165, 1.54) is 0 Å². The third-order valence-electron chi connectivity index (χ3n) is 4.46. The summed E-state index contributed by atoms with van der Waals surface area (Å²) in [6.45, 7) is 2.41. The van der Waals surface area contributed by atoms with Crippen LogP contribution in [0.1, 0.15) is 12.8 Å². The lowest BCUT2D eigenvalue weighted by Crippen LogP contribution is -2.39. The number of amides is 1. The Balaban J connectivity index is 1.58. The highest BCUT2D eigenvalue weighted by Gasteiger charge is 2.20. The van der Waals surface area contributed by atoms with Gasteiger partial charge in [0, 0.05) is 16.4 Å². The molecule has 0 spiro atoms. The molecule has 0 aliphatic carbocycles. The molecule has 5 heteroatoms. The lowest BCUT2D eigenvalue weighted by molar-refractivity contribution is -0.117. The number of benzene rings is 2. The summed E-state index contributed by atoms with van der Waals surface area (Å²) < 4.78 is 0. The van der Waals surface area contributed by atoms with Gasteiger partial charge < -0.3 is 10.4 Å². The number of carbonyl (C=O) groups excluding carboxylic acids is 1. The summed E-state index contributed by atoms with van der Waals surface area (Å²) in [7, 11) is 0. The van der Waals surface area contributed by atoms with Crippen molar-refractivity contribution < 1.29 is 9.90 Å². The molecule has 2 aromatic rings. The van der Waals surface area contributed by atoms with E-state index in [1.807, 2.05) is 42.5 Å². The first-order chi connectivity index (χ1) is 12.2. The van der Waals surface area contributed by atoms with Crippen LogP contribution in [0.3, 0.4) is 0 Å². The highest BCUT2D eigenvalue weighted by molar-refractivity contribution is 7.99. The van der Waals surface area contributed by atoms with Crippen molar-refractivity contribution in [2.45, 2.75) is 22.6 Å². The van der Waals surface area contributed by atoms with E-state index in [4.69, 9.17) is 0 Å². The summed E-state index contributed by atoms with van der Waals surface area (Å²) in [6.07, 6.45) is 1.93. The van der Waals surface area contributed by atoms with Crippen LogP contribution in [-0.2, 0) is 4.79 Å². The van der Waals surface area contributed by atoms with Crippen molar-refractivity contribution in [2.24, 2.45) is 5.92 Å². The van der Waals surface area contributed by atoms with Crippen LogP contribution in [0.15, 0.2) is 64.4 Å². The van der Waals surface area contributed by atoms with Crippen molar-refractivity contribution >= 4 is 23.4 Å². The molecule has 25 heavy (non-hydrogen) atoms. The number of likely N-dealkylation sites (tertiary alicyclic amines) is 1. The third kappa shape index (κ3) is 5.33. The number of nitrogens with zero attached hydrogens (tertiary/aromatic N) is 1. The zero-order valence-electron chi connectivity index (χ0n) is 14.2. The smallest absolute Gasteiger partial charge is 0.238 e. The average molecular weight is 356 g/mol. The van der Waals surface area contributed by atoms with Crippen molar-refractivity contribution in [1.82, 2.24) is 4.90 Å². The van der Waals surface area contributed by atoms with Crippen LogP contribution >= 0.6 is 11.8 Å². The molecule has 132 valence electrons. The maximum absolute atomic E-state index is 12.4. The van der Waals surface area contributed by atoms with Crippen molar-refractivity contribution in [3.63, 3.8) is 0 Å². The lowest BCUT2D eigenvalue weighted by Gasteiger charge is -2.30. The number of hydrogen-bond donors (Lipinski definition) is 2. The summed E-state index contributed by atoms with van der Waals surface area (Å²) in [4.78, 5) is 16.8. The van der Waals surface area contributed by atoms with Crippen LogP contribution in [0.4, 0.5) is 5.69 Å². The third-order valence-corrected chi connectivity index (χ3v) is 5.55. The van der Waals surface area contributed by atoms with Gasteiger partial charge >= 0.3 is 0 Å². The monoisotopic (exact) mass is 356 g/mol. The quantitative estimate of drug-likeness (QED) is 0.832. The molecule has 1 fully saturated rings. The van der Waals surface area contributed by atoms with E-state index in [-0.39, 0.29) is 12.5 Å². The second-order valence-corrected chi connectivity index (χ2v) is 7.48. The van der Waals surface area contributed by atoms with Crippen molar-refractivity contribution in [2.75, 3.05) is 31.6 Å². The topological polar surface area (TPSA) is 52.6 Å². The predicted octanol–water partition coefficient (Wildman–Crippen LogP) is 3.48. The molecule has 0 aromatic heterocycles. The number of para-hydroxylation sites is 1. The zero-order valence-corrected chi connectivity index (χ0v) is 15.0. The molecule has 1 aliphatic rings. The van der Waals surface area contributed by atoms with E-state index in [1.54, 1.807) is 11.8 Å². The largest absolute Gasteiger partial charge is 0.396 e. The molecule has 3 rings (SSSR count). The van der Waals surface area contributed by atoms with Crippen LogP contribution < -0.4 is 5.32 Å². The summed E-state index contributed by atoms with van der Waals surface area (Å²) in [6, 6.07) is 18.1. The van der Waals surface area contributed by atoms with Crippen LogP contribution in [-0.4, -0.2) is 42.2 Å². The van der Waals surface area contributed by atoms with Gasteiger partial charge in [0.2, 0.25) is 5.91 Å². The minimum Gasteiger partial charge on any atom is -0.396 e. The van der Waals surface area contributed by atoms with Crippen LogP contribution in [0.5, 0.6) is 0 Å². The standard InChI is InChI=1S/C20H24N2O2S/c23-15-16-10-12-22(13-11-16)14-20(24)21-18-8-4-5-9-19(18)25-17-6-2-1-3-7-17/h1-9,16,23H,10-15H2,(H,21,24). The Morgan fingerprint density at radius 1 is 1.08 bits per heavy atom. The number of aliphatic hydroxyl groups is 1. The van der Waals surface area contributed by atoms with Gasteiger partial charge in [-0.2, -0.15) is 0 Å². The molecule has 1 saturated heterocycles. The number of hydrogen-bond acceptors (Lipinski definition) is 4. The molecule has 2 aromatic carbocycles. The van der Waals surface area contributed by atoms with Gasteiger partial charge in [0.1, 0.15) is 0 Å². The Morgan fingerprint density at radius 3 is 2.48 bits per heavy atom. The average Bonchev–Trinajstić information content (AvgIpc) is 2.65. The highest BCUT2D eigenvalue weighted by atomic mass is 32.2. The molecule has 0 bridgehead atoms. The van der Waals surface area contributed by atoms with E-state index in [0.717, 1.165) is 41.4 Å². The van der Waals surface area contributed by atoms with Crippen LogP contribution in [0, 0.1) is 5.92 Å². The van der Waals surface area contributed by atoms with Gasteiger partial charge in [0.05, 0.1) is 12.2 Å². The molecule has 1 amide bonds. The summed E-state index contributed by atoms with van der Waals surface area (Å²) in [5.41, 5.74) is 0.853. The van der Waals surface area contributed by atoms with Crippen molar-refractivity contribution in [1.29, 1.82) is 0 Å². The molecule has 0 radical (unpaired) electrons. The SMILES string of the molecule is O=C(CN1CCC(CO)CC1)Nc1ccccc1Sc1ccccc1. The van der Waals surface area contributed by atoms with Crippen LogP contribution in [0.2, 0.25) is 0 Å². The fourth-order valence-electron chi connectivity index (χ4n) is 2.99.